The standard InChI is InChI=1S/C16H21N3OS/c1-11(2)15(14-7-4-8-21-14)18-10-12-5-3-6-13(9-12)16(17)19-20/h3-9,11,15,18,20H,10H2,1-2H3,(H2,17,19). The maximum absolute atomic E-state index is 8.74. The van der Waals surface area contributed by atoms with Crippen molar-refractivity contribution < 1.29 is 5.21 Å². The second-order valence-electron chi connectivity index (χ2n) is 5.30. The highest BCUT2D eigenvalue weighted by molar-refractivity contribution is 7.10. The van der Waals surface area contributed by atoms with E-state index in [2.05, 4.69) is 41.8 Å². The number of nitrogens with zero attached hydrogens (tertiary/aromatic N) is 1. The summed E-state index contributed by atoms with van der Waals surface area (Å²) in [6.45, 7) is 5.17. The van der Waals surface area contributed by atoms with Crippen LogP contribution in [0.4, 0.5) is 0 Å². The van der Waals surface area contributed by atoms with E-state index in [0.29, 0.717) is 12.0 Å². The molecule has 0 radical (unpaired) electrons. The summed E-state index contributed by atoms with van der Waals surface area (Å²) in [7, 11) is 0. The molecule has 1 heterocycles. The molecule has 0 saturated carbocycles. The molecular weight excluding hydrogens is 282 g/mol. The Morgan fingerprint density at radius 2 is 2.14 bits per heavy atom. The fourth-order valence-corrected chi connectivity index (χ4v) is 3.23. The van der Waals surface area contributed by atoms with Gasteiger partial charge >= 0.3 is 0 Å². The molecule has 2 rings (SSSR count). The van der Waals surface area contributed by atoms with Gasteiger partial charge in [0, 0.05) is 23.0 Å². The highest BCUT2D eigenvalue weighted by atomic mass is 32.1. The first-order valence-electron chi connectivity index (χ1n) is 6.95. The number of thiophene rings is 1. The summed E-state index contributed by atoms with van der Waals surface area (Å²) in [6, 6.07) is 12.3. The van der Waals surface area contributed by atoms with Crippen molar-refractivity contribution in [3.63, 3.8) is 0 Å². The number of amidine groups is 1. The predicted octanol–water partition coefficient (Wildman–Crippen LogP) is 3.33. The van der Waals surface area contributed by atoms with Crippen LogP contribution >= 0.6 is 11.3 Å². The monoisotopic (exact) mass is 303 g/mol. The number of rotatable bonds is 6. The van der Waals surface area contributed by atoms with E-state index in [-0.39, 0.29) is 5.84 Å². The number of nitrogens with two attached hydrogens (primary N) is 1. The van der Waals surface area contributed by atoms with Gasteiger partial charge in [-0.3, -0.25) is 0 Å². The summed E-state index contributed by atoms with van der Waals surface area (Å²) in [5, 5.41) is 17.5. The van der Waals surface area contributed by atoms with Crippen molar-refractivity contribution in [3.8, 4) is 0 Å². The van der Waals surface area contributed by atoms with Gasteiger partial charge in [-0.25, -0.2) is 0 Å². The summed E-state index contributed by atoms with van der Waals surface area (Å²) in [5.74, 6) is 0.645. The molecular formula is C16H21N3OS. The van der Waals surface area contributed by atoms with Crippen LogP contribution in [0.25, 0.3) is 0 Å². The van der Waals surface area contributed by atoms with E-state index in [1.165, 1.54) is 4.88 Å². The quantitative estimate of drug-likeness (QED) is 0.332. The van der Waals surface area contributed by atoms with E-state index in [9.17, 15) is 0 Å². The summed E-state index contributed by atoms with van der Waals surface area (Å²) >= 11 is 1.77. The predicted molar refractivity (Wildman–Crippen MR) is 87.7 cm³/mol. The zero-order valence-corrected chi connectivity index (χ0v) is 13.1. The lowest BCUT2D eigenvalue weighted by Gasteiger charge is -2.21. The van der Waals surface area contributed by atoms with E-state index in [4.69, 9.17) is 10.9 Å². The minimum atomic E-state index is 0.135. The Balaban J connectivity index is 2.08. The smallest absolute Gasteiger partial charge is 0.170 e. The Morgan fingerprint density at radius 1 is 1.33 bits per heavy atom. The van der Waals surface area contributed by atoms with Gasteiger partial charge in [-0.2, -0.15) is 0 Å². The largest absolute Gasteiger partial charge is 0.409 e. The first-order chi connectivity index (χ1) is 10.1. The summed E-state index contributed by atoms with van der Waals surface area (Å²) in [4.78, 5) is 1.34. The minimum Gasteiger partial charge on any atom is -0.409 e. The van der Waals surface area contributed by atoms with Crippen molar-refractivity contribution in [2.75, 3.05) is 0 Å². The van der Waals surface area contributed by atoms with E-state index < -0.39 is 0 Å². The zero-order chi connectivity index (χ0) is 15.2. The average Bonchev–Trinajstić information content (AvgIpc) is 3.00. The Morgan fingerprint density at radius 3 is 2.76 bits per heavy atom. The van der Waals surface area contributed by atoms with Crippen LogP contribution in [0.1, 0.15) is 35.9 Å². The van der Waals surface area contributed by atoms with Gasteiger partial charge in [-0.05, 0) is 29.0 Å². The molecule has 2 aromatic rings. The van der Waals surface area contributed by atoms with Crippen LogP contribution in [-0.2, 0) is 6.54 Å². The molecule has 1 unspecified atom stereocenters. The van der Waals surface area contributed by atoms with Gasteiger partial charge in [0.1, 0.15) is 0 Å². The second kappa shape index (κ2) is 7.24. The van der Waals surface area contributed by atoms with Gasteiger partial charge in [0.05, 0.1) is 0 Å². The van der Waals surface area contributed by atoms with Gasteiger partial charge in [0.25, 0.3) is 0 Å². The molecule has 0 spiro atoms. The Labute approximate surface area is 129 Å². The van der Waals surface area contributed by atoms with Gasteiger partial charge in [-0.15, -0.1) is 11.3 Å². The van der Waals surface area contributed by atoms with Crippen LogP contribution in [-0.4, -0.2) is 11.0 Å². The van der Waals surface area contributed by atoms with Crippen LogP contribution in [0.3, 0.4) is 0 Å². The third-order valence-corrected chi connectivity index (χ3v) is 4.33. The average molecular weight is 303 g/mol. The van der Waals surface area contributed by atoms with E-state index in [1.807, 2.05) is 24.3 Å². The minimum absolute atomic E-state index is 0.135. The zero-order valence-electron chi connectivity index (χ0n) is 12.3. The fourth-order valence-electron chi connectivity index (χ4n) is 2.26. The highest BCUT2D eigenvalue weighted by Gasteiger charge is 2.16. The SMILES string of the molecule is CC(C)C(NCc1cccc(C(N)=NO)c1)c1cccs1. The molecule has 1 aromatic carbocycles. The van der Waals surface area contributed by atoms with Gasteiger partial charge in [0.15, 0.2) is 5.84 Å². The maximum Gasteiger partial charge on any atom is 0.170 e. The molecule has 0 fully saturated rings. The van der Waals surface area contributed by atoms with Crippen molar-refractivity contribution in [1.29, 1.82) is 0 Å². The number of hydrogen-bond acceptors (Lipinski definition) is 4. The molecule has 0 bridgehead atoms. The number of hydrogen-bond donors (Lipinski definition) is 3. The third-order valence-electron chi connectivity index (χ3n) is 3.37. The van der Waals surface area contributed by atoms with Crippen LogP contribution < -0.4 is 11.1 Å². The van der Waals surface area contributed by atoms with E-state index >= 15 is 0 Å². The first-order valence-corrected chi connectivity index (χ1v) is 7.83. The topological polar surface area (TPSA) is 70.6 Å². The molecule has 4 N–H and O–H groups in total. The molecule has 5 heteroatoms. The molecule has 112 valence electrons. The Kier molecular flexibility index (Phi) is 5.36. The maximum atomic E-state index is 8.74. The number of oxime groups is 1. The summed E-state index contributed by atoms with van der Waals surface area (Å²) < 4.78 is 0. The molecule has 4 nitrogen and oxygen atoms in total. The molecule has 0 aliphatic carbocycles. The summed E-state index contributed by atoms with van der Waals surface area (Å²) in [5.41, 5.74) is 7.47. The highest BCUT2D eigenvalue weighted by Crippen LogP contribution is 2.26. The second-order valence-corrected chi connectivity index (χ2v) is 6.28. The van der Waals surface area contributed by atoms with Crippen LogP contribution in [0, 0.1) is 5.92 Å². The van der Waals surface area contributed by atoms with Crippen molar-refractivity contribution in [2.24, 2.45) is 16.8 Å². The van der Waals surface area contributed by atoms with Crippen LogP contribution in [0.2, 0.25) is 0 Å². The molecule has 0 aliphatic rings. The number of nitrogens with one attached hydrogen (secondary N) is 1. The van der Waals surface area contributed by atoms with Gasteiger partial charge in [-0.1, -0.05) is 43.3 Å². The lowest BCUT2D eigenvalue weighted by atomic mass is 10.0. The molecule has 21 heavy (non-hydrogen) atoms. The summed E-state index contributed by atoms with van der Waals surface area (Å²) in [6.07, 6.45) is 0. The van der Waals surface area contributed by atoms with E-state index in [0.717, 1.165) is 17.7 Å². The van der Waals surface area contributed by atoms with Crippen LogP contribution in [0.5, 0.6) is 0 Å². The lowest BCUT2D eigenvalue weighted by Crippen LogP contribution is -2.24. The Bertz CT molecular complexity index is 593. The van der Waals surface area contributed by atoms with Gasteiger partial charge in [0.2, 0.25) is 0 Å². The van der Waals surface area contributed by atoms with Crippen molar-refractivity contribution in [2.45, 2.75) is 26.4 Å². The third kappa shape index (κ3) is 4.06. The van der Waals surface area contributed by atoms with Crippen molar-refractivity contribution in [1.82, 2.24) is 5.32 Å². The molecule has 0 aliphatic heterocycles. The molecule has 1 atom stereocenters. The normalized spacial score (nSPS) is 13.6. The van der Waals surface area contributed by atoms with Crippen molar-refractivity contribution in [3.05, 3.63) is 57.8 Å². The first kappa shape index (κ1) is 15.5. The van der Waals surface area contributed by atoms with E-state index in [1.54, 1.807) is 11.3 Å². The fraction of sp³-hybridized carbons (Fsp3) is 0.312. The Hall–Kier alpha value is -1.85. The molecule has 0 saturated heterocycles. The lowest BCUT2D eigenvalue weighted by molar-refractivity contribution is 0.318. The molecule has 1 aromatic heterocycles. The van der Waals surface area contributed by atoms with Crippen LogP contribution in [0.15, 0.2) is 46.9 Å². The number of benzene rings is 1. The van der Waals surface area contributed by atoms with Crippen molar-refractivity contribution >= 4 is 17.2 Å². The molecule has 0 amide bonds. The van der Waals surface area contributed by atoms with Gasteiger partial charge < -0.3 is 16.3 Å².